The van der Waals surface area contributed by atoms with E-state index in [1.165, 1.54) is 4.31 Å². The van der Waals surface area contributed by atoms with Gasteiger partial charge in [-0.3, -0.25) is 4.79 Å². The van der Waals surface area contributed by atoms with Gasteiger partial charge in [-0.05, 0) is 24.6 Å². The molecule has 1 atom stereocenters. The minimum atomic E-state index is -3.45. The zero-order valence-electron chi connectivity index (χ0n) is 13.1. The molecule has 126 valence electrons. The van der Waals surface area contributed by atoms with E-state index in [-0.39, 0.29) is 35.8 Å². The third-order valence-electron chi connectivity index (χ3n) is 3.29. The van der Waals surface area contributed by atoms with Gasteiger partial charge in [0.1, 0.15) is 0 Å². The normalized spacial score (nSPS) is 12.6. The Bertz CT molecular complexity index is 572. The monoisotopic (exact) mass is 349 g/mol. The van der Waals surface area contributed by atoms with Gasteiger partial charge in [0.05, 0.1) is 17.5 Å². The number of nitrogens with two attached hydrogens (primary N) is 1. The van der Waals surface area contributed by atoms with Gasteiger partial charge in [0.2, 0.25) is 15.9 Å². The molecule has 0 fully saturated rings. The van der Waals surface area contributed by atoms with E-state index in [0.29, 0.717) is 13.1 Å². The molecule has 0 spiro atoms. The van der Waals surface area contributed by atoms with Crippen LogP contribution in [0.15, 0.2) is 29.2 Å². The van der Waals surface area contributed by atoms with Crippen LogP contribution in [0.5, 0.6) is 0 Å². The van der Waals surface area contributed by atoms with E-state index in [4.69, 9.17) is 5.73 Å². The quantitative estimate of drug-likeness (QED) is 0.775. The van der Waals surface area contributed by atoms with Crippen molar-refractivity contribution < 1.29 is 13.2 Å². The van der Waals surface area contributed by atoms with E-state index in [1.807, 2.05) is 6.92 Å². The van der Waals surface area contributed by atoms with Crippen LogP contribution in [0.3, 0.4) is 0 Å². The molecule has 22 heavy (non-hydrogen) atoms. The molecule has 1 aromatic rings. The van der Waals surface area contributed by atoms with Gasteiger partial charge in [0.15, 0.2) is 0 Å². The van der Waals surface area contributed by atoms with Crippen LogP contribution in [0.2, 0.25) is 0 Å². The number of carbonyl (C=O) groups is 1. The predicted molar refractivity (Wildman–Crippen MR) is 89.4 cm³/mol. The first-order valence-electron chi connectivity index (χ1n) is 6.96. The van der Waals surface area contributed by atoms with Gasteiger partial charge in [0.25, 0.3) is 0 Å². The molecule has 6 nitrogen and oxygen atoms in total. The Morgan fingerprint density at radius 2 is 1.73 bits per heavy atom. The van der Waals surface area contributed by atoms with E-state index >= 15 is 0 Å². The minimum Gasteiger partial charge on any atom is -0.348 e. The van der Waals surface area contributed by atoms with Crippen LogP contribution >= 0.6 is 12.4 Å². The van der Waals surface area contributed by atoms with Gasteiger partial charge >= 0.3 is 0 Å². The summed E-state index contributed by atoms with van der Waals surface area (Å²) in [5.74, 6) is -0.248. The molecular formula is C14H24ClN3O3S. The topological polar surface area (TPSA) is 92.5 Å². The third-order valence-corrected chi connectivity index (χ3v) is 5.35. The number of sulfonamides is 1. The molecule has 0 heterocycles. The lowest BCUT2D eigenvalue weighted by molar-refractivity contribution is -0.120. The molecule has 0 radical (unpaired) electrons. The van der Waals surface area contributed by atoms with Crippen LogP contribution in [-0.4, -0.2) is 38.3 Å². The smallest absolute Gasteiger partial charge is 0.243 e. The Hall–Kier alpha value is -1.15. The minimum absolute atomic E-state index is 0. The summed E-state index contributed by atoms with van der Waals surface area (Å²) in [6.45, 7) is 6.23. The Labute approximate surface area is 138 Å². The maximum atomic E-state index is 12.3. The van der Waals surface area contributed by atoms with Gasteiger partial charge in [-0.1, -0.05) is 26.0 Å². The van der Waals surface area contributed by atoms with E-state index in [2.05, 4.69) is 5.32 Å². The van der Waals surface area contributed by atoms with Crippen LogP contribution in [0, 0.1) is 0 Å². The Morgan fingerprint density at radius 3 is 2.14 bits per heavy atom. The average molecular weight is 350 g/mol. The number of nitrogens with one attached hydrogen (secondary N) is 1. The van der Waals surface area contributed by atoms with Gasteiger partial charge in [-0.25, -0.2) is 8.42 Å². The number of carbonyl (C=O) groups excluding carboxylic acids is 1. The molecule has 8 heteroatoms. The second-order valence-electron chi connectivity index (χ2n) is 4.65. The van der Waals surface area contributed by atoms with E-state index < -0.39 is 10.0 Å². The molecule has 1 amide bonds. The van der Waals surface area contributed by atoms with Gasteiger partial charge in [-0.2, -0.15) is 4.31 Å². The SMILES string of the molecule is CCN(CC)S(=O)(=O)c1ccc(C(C)NC(=O)CN)cc1.Cl. The number of amides is 1. The zero-order chi connectivity index (χ0) is 16.0. The summed E-state index contributed by atoms with van der Waals surface area (Å²) in [5.41, 5.74) is 6.08. The highest BCUT2D eigenvalue weighted by atomic mass is 35.5. The standard InChI is InChI=1S/C14H23N3O3S.ClH/c1-4-17(5-2)21(19,20)13-8-6-12(7-9-13)11(3)16-14(18)10-15;/h6-9,11H,4-5,10,15H2,1-3H3,(H,16,18);1H. The lowest BCUT2D eigenvalue weighted by Crippen LogP contribution is -2.32. The molecule has 1 unspecified atom stereocenters. The van der Waals surface area contributed by atoms with Crippen molar-refractivity contribution in [1.82, 2.24) is 9.62 Å². The van der Waals surface area contributed by atoms with Crippen molar-refractivity contribution in [2.24, 2.45) is 5.73 Å². The fourth-order valence-electron chi connectivity index (χ4n) is 2.02. The first-order valence-corrected chi connectivity index (χ1v) is 8.40. The average Bonchev–Trinajstić information content (AvgIpc) is 2.48. The summed E-state index contributed by atoms with van der Waals surface area (Å²) in [4.78, 5) is 11.5. The Balaban J connectivity index is 0.00000441. The molecule has 0 aromatic heterocycles. The first kappa shape index (κ1) is 20.9. The highest BCUT2D eigenvalue weighted by Gasteiger charge is 2.21. The summed E-state index contributed by atoms with van der Waals surface area (Å²) in [5, 5.41) is 2.73. The maximum Gasteiger partial charge on any atom is 0.243 e. The van der Waals surface area contributed by atoms with Crippen molar-refractivity contribution in [2.75, 3.05) is 19.6 Å². The second-order valence-corrected chi connectivity index (χ2v) is 6.59. The van der Waals surface area contributed by atoms with Crippen LogP contribution in [0.4, 0.5) is 0 Å². The molecule has 0 aliphatic rings. The summed E-state index contributed by atoms with van der Waals surface area (Å²) in [6.07, 6.45) is 0. The van der Waals surface area contributed by atoms with Gasteiger partial charge < -0.3 is 11.1 Å². The van der Waals surface area contributed by atoms with Crippen molar-refractivity contribution in [3.05, 3.63) is 29.8 Å². The fourth-order valence-corrected chi connectivity index (χ4v) is 3.48. The fraction of sp³-hybridized carbons (Fsp3) is 0.500. The first-order chi connectivity index (χ1) is 9.86. The number of nitrogens with zero attached hydrogens (tertiary/aromatic N) is 1. The van der Waals surface area contributed by atoms with Crippen LogP contribution in [0.1, 0.15) is 32.4 Å². The molecule has 3 N–H and O–H groups in total. The van der Waals surface area contributed by atoms with Crippen molar-refractivity contribution in [1.29, 1.82) is 0 Å². The van der Waals surface area contributed by atoms with Gasteiger partial charge in [0, 0.05) is 13.1 Å². The summed E-state index contributed by atoms with van der Waals surface area (Å²) >= 11 is 0. The predicted octanol–water partition coefficient (Wildman–Crippen LogP) is 1.27. The summed E-state index contributed by atoms with van der Waals surface area (Å²) in [6, 6.07) is 6.32. The van der Waals surface area contributed by atoms with Crippen LogP contribution in [0.25, 0.3) is 0 Å². The van der Waals surface area contributed by atoms with E-state index in [1.54, 1.807) is 38.1 Å². The Morgan fingerprint density at radius 1 is 1.23 bits per heavy atom. The maximum absolute atomic E-state index is 12.3. The third kappa shape index (κ3) is 4.95. The number of halogens is 1. The molecule has 1 rings (SSSR count). The van der Waals surface area contributed by atoms with Crippen LogP contribution < -0.4 is 11.1 Å². The lowest BCUT2D eigenvalue weighted by Gasteiger charge is -2.19. The second kappa shape index (κ2) is 9.09. The zero-order valence-corrected chi connectivity index (χ0v) is 14.7. The molecule has 0 bridgehead atoms. The van der Waals surface area contributed by atoms with Crippen molar-refractivity contribution in [3.63, 3.8) is 0 Å². The lowest BCUT2D eigenvalue weighted by atomic mass is 10.1. The summed E-state index contributed by atoms with van der Waals surface area (Å²) < 4.78 is 26.1. The number of rotatable bonds is 7. The number of benzene rings is 1. The number of hydrogen-bond acceptors (Lipinski definition) is 4. The van der Waals surface area contributed by atoms with E-state index in [0.717, 1.165) is 5.56 Å². The van der Waals surface area contributed by atoms with Crippen molar-refractivity contribution in [3.8, 4) is 0 Å². The van der Waals surface area contributed by atoms with Crippen molar-refractivity contribution >= 4 is 28.3 Å². The molecule has 0 aliphatic heterocycles. The van der Waals surface area contributed by atoms with Crippen molar-refractivity contribution in [2.45, 2.75) is 31.7 Å². The molecule has 1 aromatic carbocycles. The molecule has 0 saturated heterocycles. The van der Waals surface area contributed by atoms with Crippen LogP contribution in [-0.2, 0) is 14.8 Å². The highest BCUT2D eigenvalue weighted by Crippen LogP contribution is 2.19. The Kier molecular flexibility index (Phi) is 8.62. The molecule has 0 aliphatic carbocycles. The molecule has 0 saturated carbocycles. The molecular weight excluding hydrogens is 326 g/mol. The highest BCUT2D eigenvalue weighted by molar-refractivity contribution is 7.89. The van der Waals surface area contributed by atoms with E-state index in [9.17, 15) is 13.2 Å². The summed E-state index contributed by atoms with van der Waals surface area (Å²) in [7, 11) is -3.45. The number of hydrogen-bond donors (Lipinski definition) is 2. The van der Waals surface area contributed by atoms with Gasteiger partial charge in [-0.15, -0.1) is 12.4 Å². The largest absolute Gasteiger partial charge is 0.348 e.